The molecule has 29 heavy (non-hydrogen) atoms. The topological polar surface area (TPSA) is 70.6 Å². The molecule has 0 aromatic heterocycles. The number of aryl methyl sites for hydroxylation is 1. The van der Waals surface area contributed by atoms with Gasteiger partial charge in [-0.3, -0.25) is 0 Å². The lowest BCUT2D eigenvalue weighted by atomic mass is 9.73. The Labute approximate surface area is 169 Å². The first-order chi connectivity index (χ1) is 14.0. The van der Waals surface area contributed by atoms with E-state index in [1.807, 2.05) is 18.2 Å². The number of aliphatic hydroxyl groups excluding tert-OH is 1. The highest BCUT2D eigenvalue weighted by molar-refractivity contribution is 5.90. The number of carbonyl (C=O) groups excluding carboxylic acids is 1. The van der Waals surface area contributed by atoms with E-state index in [4.69, 9.17) is 4.74 Å². The number of ether oxygens (including phenoxy) is 1. The third-order valence-electron chi connectivity index (χ3n) is 6.53. The fourth-order valence-corrected chi connectivity index (χ4v) is 4.85. The second kappa shape index (κ2) is 7.02. The third kappa shape index (κ3) is 3.46. The van der Waals surface area contributed by atoms with Crippen molar-refractivity contribution in [2.45, 2.75) is 62.7 Å². The number of anilines is 1. The average molecular weight is 396 g/mol. The predicted molar refractivity (Wildman–Crippen MR) is 108 cm³/mol. The summed E-state index contributed by atoms with van der Waals surface area (Å²) in [5.74, 6) is 0.318. The Morgan fingerprint density at radius 1 is 1.24 bits per heavy atom. The predicted octanol–water partition coefficient (Wildman–Crippen LogP) is 4.24. The van der Waals surface area contributed by atoms with Gasteiger partial charge in [0.2, 0.25) is 0 Å². The summed E-state index contributed by atoms with van der Waals surface area (Å²) in [6.45, 7) is 0. The number of nitrogens with one attached hydrogen (secondary N) is 2. The van der Waals surface area contributed by atoms with Crippen molar-refractivity contribution in [2.24, 2.45) is 0 Å². The number of rotatable bonds is 2. The molecule has 1 saturated carbocycles. The SMILES string of the molecule is O=C(Nc1cccc2c1C[C@@H](O)CC2)N[C@@H]1CC2(CCC2)Oc2ccc(F)cc21. The Balaban J connectivity index is 1.37. The van der Waals surface area contributed by atoms with E-state index < -0.39 is 0 Å². The summed E-state index contributed by atoms with van der Waals surface area (Å²) < 4.78 is 20.0. The maximum atomic E-state index is 13.9. The standard InChI is InChI=1S/C23H25FN2O3/c24-15-6-8-21-18(11-15)20(13-23(29-21)9-2-10-23)26-22(28)25-19-4-1-3-14-5-7-16(27)12-17(14)19/h1,3-4,6,8,11,16,20,27H,2,5,7,9-10,12-13H2,(H2,25,26,28)/t16-,20+/m0/s1. The molecule has 0 radical (unpaired) electrons. The number of benzene rings is 2. The number of carbonyl (C=O) groups is 1. The monoisotopic (exact) mass is 396 g/mol. The maximum absolute atomic E-state index is 13.9. The molecule has 5 nitrogen and oxygen atoms in total. The van der Waals surface area contributed by atoms with Crippen LogP contribution in [0.15, 0.2) is 36.4 Å². The molecule has 1 aliphatic heterocycles. The molecular weight excluding hydrogens is 371 g/mol. The van der Waals surface area contributed by atoms with Crippen molar-refractivity contribution in [3.05, 3.63) is 58.9 Å². The summed E-state index contributed by atoms with van der Waals surface area (Å²) >= 11 is 0. The van der Waals surface area contributed by atoms with Crippen LogP contribution >= 0.6 is 0 Å². The molecule has 1 heterocycles. The van der Waals surface area contributed by atoms with Gasteiger partial charge in [0.05, 0.1) is 12.1 Å². The van der Waals surface area contributed by atoms with Gasteiger partial charge in [0.25, 0.3) is 0 Å². The van der Waals surface area contributed by atoms with E-state index in [1.165, 1.54) is 17.7 Å². The van der Waals surface area contributed by atoms with Crippen LogP contribution < -0.4 is 15.4 Å². The van der Waals surface area contributed by atoms with Crippen LogP contribution in [0.3, 0.4) is 0 Å². The Morgan fingerprint density at radius 2 is 2.10 bits per heavy atom. The van der Waals surface area contributed by atoms with Gasteiger partial charge < -0.3 is 20.5 Å². The van der Waals surface area contributed by atoms with Crippen molar-refractivity contribution in [1.82, 2.24) is 5.32 Å². The summed E-state index contributed by atoms with van der Waals surface area (Å²) in [5.41, 5.74) is 3.32. The minimum absolute atomic E-state index is 0.251. The van der Waals surface area contributed by atoms with Gasteiger partial charge in [-0.25, -0.2) is 9.18 Å². The molecule has 5 rings (SSSR count). The lowest BCUT2D eigenvalue weighted by Crippen LogP contribution is -2.50. The molecule has 3 N–H and O–H groups in total. The zero-order valence-electron chi connectivity index (χ0n) is 16.2. The molecule has 2 atom stereocenters. The van der Waals surface area contributed by atoms with Gasteiger partial charge in [-0.05, 0) is 67.5 Å². The van der Waals surface area contributed by atoms with Crippen LogP contribution in [0.4, 0.5) is 14.9 Å². The zero-order chi connectivity index (χ0) is 20.0. The molecule has 2 aromatic carbocycles. The molecule has 3 aliphatic rings. The van der Waals surface area contributed by atoms with Crippen LogP contribution in [0.25, 0.3) is 0 Å². The highest BCUT2D eigenvalue weighted by atomic mass is 19.1. The summed E-state index contributed by atoms with van der Waals surface area (Å²) in [6, 6.07) is 9.71. The van der Waals surface area contributed by atoms with Gasteiger partial charge in [0, 0.05) is 24.1 Å². The lowest BCUT2D eigenvalue weighted by molar-refractivity contribution is -0.0355. The molecule has 1 fully saturated rings. The molecule has 2 amide bonds. The van der Waals surface area contributed by atoms with Crippen LogP contribution in [0, 0.1) is 5.82 Å². The number of halogens is 1. The summed E-state index contributed by atoms with van der Waals surface area (Å²) in [6.07, 6.45) is 5.37. The van der Waals surface area contributed by atoms with Crippen LogP contribution in [0.5, 0.6) is 5.75 Å². The highest BCUT2D eigenvalue weighted by Gasteiger charge is 2.46. The van der Waals surface area contributed by atoms with Gasteiger partial charge >= 0.3 is 6.03 Å². The van der Waals surface area contributed by atoms with Crippen molar-refractivity contribution < 1.29 is 19.0 Å². The van der Waals surface area contributed by atoms with Gasteiger partial charge in [0.1, 0.15) is 17.2 Å². The highest BCUT2D eigenvalue weighted by Crippen LogP contribution is 2.49. The minimum atomic E-state index is -0.377. The second-order valence-corrected chi connectivity index (χ2v) is 8.52. The molecule has 1 spiro atoms. The summed E-state index contributed by atoms with van der Waals surface area (Å²) in [5, 5.41) is 16.0. The average Bonchev–Trinajstić information content (AvgIpc) is 2.67. The Bertz CT molecular complexity index is 957. The van der Waals surface area contributed by atoms with Crippen molar-refractivity contribution in [3.8, 4) is 5.75 Å². The van der Waals surface area contributed by atoms with Crippen molar-refractivity contribution in [2.75, 3.05) is 5.32 Å². The number of hydrogen-bond donors (Lipinski definition) is 3. The van der Waals surface area contributed by atoms with Crippen LogP contribution in [-0.2, 0) is 12.8 Å². The molecule has 2 aromatic rings. The van der Waals surface area contributed by atoms with Gasteiger partial charge in [-0.2, -0.15) is 0 Å². The minimum Gasteiger partial charge on any atom is -0.487 e. The number of urea groups is 1. The first kappa shape index (κ1) is 18.4. The van der Waals surface area contributed by atoms with E-state index in [2.05, 4.69) is 10.6 Å². The van der Waals surface area contributed by atoms with Crippen molar-refractivity contribution in [1.29, 1.82) is 0 Å². The Morgan fingerprint density at radius 3 is 2.90 bits per heavy atom. The van der Waals surface area contributed by atoms with Gasteiger partial charge in [-0.15, -0.1) is 0 Å². The Hall–Kier alpha value is -2.60. The largest absolute Gasteiger partial charge is 0.487 e. The lowest BCUT2D eigenvalue weighted by Gasteiger charge is -2.48. The van der Waals surface area contributed by atoms with E-state index in [0.717, 1.165) is 43.4 Å². The van der Waals surface area contributed by atoms with E-state index in [9.17, 15) is 14.3 Å². The third-order valence-corrected chi connectivity index (χ3v) is 6.53. The molecule has 2 aliphatic carbocycles. The van der Waals surface area contributed by atoms with E-state index in [1.54, 1.807) is 6.07 Å². The second-order valence-electron chi connectivity index (χ2n) is 8.52. The molecule has 152 valence electrons. The maximum Gasteiger partial charge on any atom is 0.319 e. The molecule has 0 saturated heterocycles. The normalized spacial score (nSPS) is 23.9. The quantitative estimate of drug-likeness (QED) is 0.711. The summed E-state index contributed by atoms with van der Waals surface area (Å²) in [7, 11) is 0. The smallest absolute Gasteiger partial charge is 0.319 e. The number of aliphatic hydroxyl groups is 1. The number of fused-ring (bicyclic) bond motifs is 2. The molecule has 0 bridgehead atoms. The van der Waals surface area contributed by atoms with Crippen LogP contribution in [0.2, 0.25) is 0 Å². The number of hydrogen-bond acceptors (Lipinski definition) is 3. The fourth-order valence-electron chi connectivity index (χ4n) is 4.85. The van der Waals surface area contributed by atoms with E-state index in [0.29, 0.717) is 24.2 Å². The van der Waals surface area contributed by atoms with Gasteiger partial charge in [-0.1, -0.05) is 12.1 Å². The molecular formula is C23H25FN2O3. The molecule has 0 unspecified atom stereocenters. The van der Waals surface area contributed by atoms with Gasteiger partial charge in [0.15, 0.2) is 0 Å². The summed E-state index contributed by atoms with van der Waals surface area (Å²) in [4.78, 5) is 12.8. The fraction of sp³-hybridized carbons (Fsp3) is 0.435. The first-order valence-electron chi connectivity index (χ1n) is 10.4. The van der Waals surface area contributed by atoms with Crippen molar-refractivity contribution in [3.63, 3.8) is 0 Å². The number of amides is 2. The van der Waals surface area contributed by atoms with Crippen molar-refractivity contribution >= 4 is 11.7 Å². The molecule has 6 heteroatoms. The van der Waals surface area contributed by atoms with E-state index in [-0.39, 0.29) is 29.6 Å². The van der Waals surface area contributed by atoms with Crippen LogP contribution in [-0.4, -0.2) is 22.8 Å². The zero-order valence-corrected chi connectivity index (χ0v) is 16.2. The first-order valence-corrected chi connectivity index (χ1v) is 10.4. The van der Waals surface area contributed by atoms with Crippen LogP contribution in [0.1, 0.15) is 54.8 Å². The van der Waals surface area contributed by atoms with E-state index >= 15 is 0 Å². The Kier molecular flexibility index (Phi) is 4.46.